The molecule has 0 aliphatic heterocycles. The molecule has 4 rings (SSSR count). The highest BCUT2D eigenvalue weighted by molar-refractivity contribution is 7.19. The molecule has 1 aliphatic carbocycles. The molecule has 0 saturated carbocycles. The molecule has 0 bridgehead atoms. The summed E-state index contributed by atoms with van der Waals surface area (Å²) in [5.74, 6) is 1.73. The van der Waals surface area contributed by atoms with Crippen LogP contribution in [0.15, 0.2) is 24.5 Å². The molecule has 0 saturated heterocycles. The van der Waals surface area contributed by atoms with Crippen LogP contribution in [-0.4, -0.2) is 9.97 Å². The van der Waals surface area contributed by atoms with Crippen molar-refractivity contribution in [2.45, 2.75) is 40.0 Å². The van der Waals surface area contributed by atoms with Gasteiger partial charge >= 0.3 is 0 Å². The van der Waals surface area contributed by atoms with Crippen molar-refractivity contribution in [2.24, 2.45) is 5.92 Å². The van der Waals surface area contributed by atoms with E-state index in [1.54, 1.807) is 6.33 Å². The quantitative estimate of drug-likeness (QED) is 0.706. The molecule has 2 aromatic heterocycles. The van der Waals surface area contributed by atoms with E-state index >= 15 is 0 Å². The summed E-state index contributed by atoms with van der Waals surface area (Å²) in [6, 6.07) is 6.46. The number of nitrogens with one attached hydrogen (secondary N) is 1. The number of anilines is 2. The van der Waals surface area contributed by atoms with Crippen LogP contribution in [0.1, 0.15) is 34.9 Å². The van der Waals surface area contributed by atoms with Crippen molar-refractivity contribution < 1.29 is 0 Å². The van der Waals surface area contributed by atoms with E-state index in [2.05, 4.69) is 54.3 Å². The van der Waals surface area contributed by atoms with Crippen molar-refractivity contribution in [1.29, 1.82) is 0 Å². The summed E-state index contributed by atoms with van der Waals surface area (Å²) >= 11 is 1.84. The summed E-state index contributed by atoms with van der Waals surface area (Å²) in [6.07, 6.45) is 5.26. The lowest BCUT2D eigenvalue weighted by Gasteiger charge is -2.18. The Morgan fingerprint density at radius 1 is 1.17 bits per heavy atom. The van der Waals surface area contributed by atoms with Gasteiger partial charge in [-0.1, -0.05) is 13.0 Å². The van der Waals surface area contributed by atoms with Crippen molar-refractivity contribution in [3.63, 3.8) is 0 Å². The number of nitrogens with zero attached hydrogens (tertiary/aromatic N) is 2. The maximum atomic E-state index is 4.54. The third-order valence-electron chi connectivity index (χ3n) is 4.86. The smallest absolute Gasteiger partial charge is 0.142 e. The number of aryl methyl sites for hydroxylation is 3. The fraction of sp³-hybridized carbons (Fsp3) is 0.368. The average Bonchev–Trinajstić information content (AvgIpc) is 2.89. The Bertz CT molecular complexity index is 882. The standard InChI is InChI=1S/C19H21N3S/c1-11-4-7-15-16(8-11)23-19-17(15)18(20-10-21-19)22-14-6-5-12(2)13(3)9-14/h5-6,9-11H,4,7-8H2,1-3H3,(H,20,21,22)/t11-/m1/s1. The fourth-order valence-corrected chi connectivity index (χ4v) is 4.68. The van der Waals surface area contributed by atoms with Crippen molar-refractivity contribution in [2.75, 3.05) is 5.32 Å². The first-order chi connectivity index (χ1) is 11.1. The predicted molar refractivity (Wildman–Crippen MR) is 97.8 cm³/mol. The lowest BCUT2D eigenvalue weighted by atomic mass is 9.89. The van der Waals surface area contributed by atoms with Gasteiger partial charge in [-0.05, 0) is 67.9 Å². The minimum atomic E-state index is 0.777. The lowest BCUT2D eigenvalue weighted by molar-refractivity contribution is 0.509. The maximum absolute atomic E-state index is 4.54. The normalized spacial score (nSPS) is 17.3. The van der Waals surface area contributed by atoms with E-state index in [0.717, 1.165) is 28.7 Å². The Morgan fingerprint density at radius 3 is 2.87 bits per heavy atom. The van der Waals surface area contributed by atoms with Gasteiger partial charge in [-0.3, -0.25) is 0 Å². The molecule has 1 atom stereocenters. The predicted octanol–water partition coefficient (Wildman–Crippen LogP) is 5.18. The Labute approximate surface area is 140 Å². The van der Waals surface area contributed by atoms with Gasteiger partial charge in [0.05, 0.1) is 5.39 Å². The molecule has 1 aromatic carbocycles. The maximum Gasteiger partial charge on any atom is 0.142 e. The van der Waals surface area contributed by atoms with Gasteiger partial charge in [-0.15, -0.1) is 11.3 Å². The van der Waals surface area contributed by atoms with Gasteiger partial charge in [0.25, 0.3) is 0 Å². The Morgan fingerprint density at radius 2 is 2.04 bits per heavy atom. The van der Waals surface area contributed by atoms with E-state index in [9.17, 15) is 0 Å². The fourth-order valence-electron chi connectivity index (χ4n) is 3.33. The van der Waals surface area contributed by atoms with E-state index in [-0.39, 0.29) is 0 Å². The summed E-state index contributed by atoms with van der Waals surface area (Å²) in [5, 5.41) is 4.75. The number of rotatable bonds is 2. The molecule has 4 heteroatoms. The zero-order valence-electron chi connectivity index (χ0n) is 13.8. The van der Waals surface area contributed by atoms with Crippen LogP contribution >= 0.6 is 11.3 Å². The second kappa shape index (κ2) is 5.60. The van der Waals surface area contributed by atoms with Crippen LogP contribution in [0.4, 0.5) is 11.5 Å². The average molecular weight is 323 g/mol. The topological polar surface area (TPSA) is 37.8 Å². The van der Waals surface area contributed by atoms with Crippen LogP contribution in [0.3, 0.4) is 0 Å². The summed E-state index contributed by atoms with van der Waals surface area (Å²) in [6.45, 7) is 6.62. The number of hydrogen-bond donors (Lipinski definition) is 1. The molecule has 0 fully saturated rings. The summed E-state index contributed by atoms with van der Waals surface area (Å²) < 4.78 is 0. The second-order valence-corrected chi connectivity index (χ2v) is 7.76. The molecule has 1 N–H and O–H groups in total. The first kappa shape index (κ1) is 14.6. The zero-order chi connectivity index (χ0) is 16.0. The van der Waals surface area contributed by atoms with Crippen LogP contribution in [0.25, 0.3) is 10.2 Å². The van der Waals surface area contributed by atoms with E-state index in [4.69, 9.17) is 0 Å². The first-order valence-corrected chi connectivity index (χ1v) is 9.03. The minimum absolute atomic E-state index is 0.777. The van der Waals surface area contributed by atoms with Crippen LogP contribution in [0.5, 0.6) is 0 Å². The Hall–Kier alpha value is -1.94. The summed E-state index contributed by atoms with van der Waals surface area (Å²) in [4.78, 5) is 11.7. The molecule has 0 amide bonds. The molecular weight excluding hydrogens is 302 g/mol. The van der Waals surface area contributed by atoms with E-state index in [1.165, 1.54) is 39.8 Å². The first-order valence-electron chi connectivity index (χ1n) is 8.21. The van der Waals surface area contributed by atoms with Gasteiger partial charge in [-0.2, -0.15) is 0 Å². The number of benzene rings is 1. The molecule has 118 valence electrons. The van der Waals surface area contributed by atoms with Crippen LogP contribution in [0.2, 0.25) is 0 Å². The number of fused-ring (bicyclic) bond motifs is 3. The van der Waals surface area contributed by atoms with Crippen LogP contribution < -0.4 is 5.32 Å². The molecule has 3 nitrogen and oxygen atoms in total. The summed E-state index contributed by atoms with van der Waals surface area (Å²) in [5.41, 5.74) is 5.17. The Kier molecular flexibility index (Phi) is 3.57. The van der Waals surface area contributed by atoms with Gasteiger partial charge in [0, 0.05) is 10.6 Å². The van der Waals surface area contributed by atoms with Crippen molar-refractivity contribution >= 4 is 33.1 Å². The SMILES string of the molecule is Cc1ccc(Nc2ncnc3sc4c(c23)CC[C@@H](C)C4)cc1C. The highest BCUT2D eigenvalue weighted by atomic mass is 32.1. The minimum Gasteiger partial charge on any atom is -0.340 e. The van der Waals surface area contributed by atoms with E-state index in [1.807, 2.05) is 11.3 Å². The van der Waals surface area contributed by atoms with Gasteiger partial charge < -0.3 is 5.32 Å². The lowest BCUT2D eigenvalue weighted by Crippen LogP contribution is -2.09. The number of thiophene rings is 1. The molecule has 3 aromatic rings. The monoisotopic (exact) mass is 323 g/mol. The second-order valence-electron chi connectivity index (χ2n) is 6.68. The molecule has 2 heterocycles. The number of aromatic nitrogens is 2. The Balaban J connectivity index is 1.79. The van der Waals surface area contributed by atoms with Crippen LogP contribution in [0, 0.1) is 19.8 Å². The largest absolute Gasteiger partial charge is 0.340 e. The summed E-state index contributed by atoms with van der Waals surface area (Å²) in [7, 11) is 0. The highest BCUT2D eigenvalue weighted by Gasteiger charge is 2.23. The molecule has 0 unspecified atom stereocenters. The molecule has 0 radical (unpaired) electrons. The van der Waals surface area contributed by atoms with Crippen molar-refractivity contribution in [1.82, 2.24) is 9.97 Å². The zero-order valence-corrected chi connectivity index (χ0v) is 14.6. The molecule has 0 spiro atoms. The van der Waals surface area contributed by atoms with E-state index < -0.39 is 0 Å². The third kappa shape index (κ3) is 2.61. The van der Waals surface area contributed by atoms with Gasteiger partial charge in [-0.25, -0.2) is 9.97 Å². The third-order valence-corrected chi connectivity index (χ3v) is 6.02. The highest BCUT2D eigenvalue weighted by Crippen LogP contribution is 2.40. The van der Waals surface area contributed by atoms with Crippen molar-refractivity contribution in [3.8, 4) is 0 Å². The van der Waals surface area contributed by atoms with Gasteiger partial charge in [0.1, 0.15) is 17.0 Å². The van der Waals surface area contributed by atoms with Gasteiger partial charge in [0.15, 0.2) is 0 Å². The van der Waals surface area contributed by atoms with Crippen molar-refractivity contribution in [3.05, 3.63) is 46.1 Å². The molecule has 1 aliphatic rings. The van der Waals surface area contributed by atoms with Gasteiger partial charge in [0.2, 0.25) is 0 Å². The molecular formula is C19H21N3S. The van der Waals surface area contributed by atoms with Crippen LogP contribution in [-0.2, 0) is 12.8 Å². The van der Waals surface area contributed by atoms with E-state index in [0.29, 0.717) is 0 Å². The molecule has 23 heavy (non-hydrogen) atoms. The number of hydrogen-bond acceptors (Lipinski definition) is 4.